The highest BCUT2D eigenvalue weighted by atomic mass is 16.2. The van der Waals surface area contributed by atoms with E-state index >= 15 is 0 Å². The van der Waals surface area contributed by atoms with E-state index in [4.69, 9.17) is 5.73 Å². The zero-order chi connectivity index (χ0) is 10.7. The normalized spacial score (nSPS) is 24.8. The Kier molecular flexibility index (Phi) is 3.46. The highest BCUT2D eigenvalue weighted by Gasteiger charge is 2.31. The maximum atomic E-state index is 11.5. The van der Waals surface area contributed by atoms with Gasteiger partial charge in [0.15, 0.2) is 0 Å². The van der Waals surface area contributed by atoms with Crippen LogP contribution in [0.5, 0.6) is 0 Å². The Labute approximate surface area is 83.6 Å². The third-order valence-corrected chi connectivity index (χ3v) is 2.49. The quantitative estimate of drug-likeness (QED) is 0.607. The fourth-order valence-electron chi connectivity index (χ4n) is 1.44. The number of rotatable bonds is 3. The lowest BCUT2D eigenvalue weighted by atomic mass is 10.1. The lowest BCUT2D eigenvalue weighted by molar-refractivity contribution is -0.145. The smallest absolute Gasteiger partial charge is 0.242 e. The highest BCUT2D eigenvalue weighted by molar-refractivity contribution is 5.94. The number of nitrogens with zero attached hydrogens (tertiary/aromatic N) is 1. The van der Waals surface area contributed by atoms with Crippen LogP contribution in [0.25, 0.3) is 0 Å². The molecule has 2 amide bonds. The van der Waals surface area contributed by atoms with E-state index in [9.17, 15) is 9.59 Å². The molecule has 0 radical (unpaired) electrons. The van der Waals surface area contributed by atoms with Crippen molar-refractivity contribution >= 4 is 11.8 Å². The minimum atomic E-state index is -0.370. The molecule has 0 aromatic heterocycles. The Morgan fingerprint density at radius 2 is 2.29 bits per heavy atom. The summed E-state index contributed by atoms with van der Waals surface area (Å²) in [5.41, 5.74) is 5.48. The fraction of sp³-hybridized carbons (Fsp3) is 0.778. The van der Waals surface area contributed by atoms with Crippen LogP contribution in [0.2, 0.25) is 0 Å². The van der Waals surface area contributed by atoms with Gasteiger partial charge in [0.05, 0.1) is 6.54 Å². The number of hydrogen-bond donors (Lipinski definition) is 2. The van der Waals surface area contributed by atoms with Crippen LogP contribution in [0.15, 0.2) is 0 Å². The van der Waals surface area contributed by atoms with E-state index in [-0.39, 0.29) is 30.3 Å². The summed E-state index contributed by atoms with van der Waals surface area (Å²) >= 11 is 0. The average molecular weight is 199 g/mol. The Morgan fingerprint density at radius 1 is 1.64 bits per heavy atom. The molecular weight excluding hydrogens is 182 g/mol. The average Bonchev–Trinajstić information content (AvgIpc) is 2.18. The van der Waals surface area contributed by atoms with Crippen molar-refractivity contribution in [3.63, 3.8) is 0 Å². The van der Waals surface area contributed by atoms with E-state index < -0.39 is 0 Å². The van der Waals surface area contributed by atoms with Crippen LogP contribution in [-0.2, 0) is 9.59 Å². The van der Waals surface area contributed by atoms with Crippen molar-refractivity contribution in [1.29, 1.82) is 0 Å². The number of carbonyl (C=O) groups is 2. The van der Waals surface area contributed by atoms with E-state index in [2.05, 4.69) is 5.32 Å². The topological polar surface area (TPSA) is 75.4 Å². The van der Waals surface area contributed by atoms with Crippen molar-refractivity contribution in [3.8, 4) is 0 Å². The predicted octanol–water partition coefficient (Wildman–Crippen LogP) is -1.07. The molecule has 80 valence electrons. The summed E-state index contributed by atoms with van der Waals surface area (Å²) < 4.78 is 0. The van der Waals surface area contributed by atoms with Gasteiger partial charge in [0.2, 0.25) is 11.8 Å². The molecule has 0 aliphatic carbocycles. The number of nitrogens with one attached hydrogen (secondary N) is 1. The van der Waals surface area contributed by atoms with Crippen LogP contribution in [0.3, 0.4) is 0 Å². The maximum Gasteiger partial charge on any atom is 0.242 e. The monoisotopic (exact) mass is 199 g/mol. The van der Waals surface area contributed by atoms with E-state index in [1.54, 1.807) is 11.8 Å². The largest absolute Gasteiger partial charge is 0.345 e. The molecular formula is C9H17N3O2. The molecule has 14 heavy (non-hydrogen) atoms. The van der Waals surface area contributed by atoms with E-state index in [1.807, 2.05) is 6.92 Å². The van der Waals surface area contributed by atoms with Gasteiger partial charge in [-0.2, -0.15) is 0 Å². The third kappa shape index (κ3) is 2.23. The molecule has 1 saturated heterocycles. The molecule has 3 N–H and O–H groups in total. The lowest BCUT2D eigenvalue weighted by Gasteiger charge is -2.34. The van der Waals surface area contributed by atoms with E-state index in [0.717, 1.165) is 0 Å². The zero-order valence-corrected chi connectivity index (χ0v) is 8.62. The first-order chi connectivity index (χ1) is 6.56. The zero-order valence-electron chi connectivity index (χ0n) is 8.62. The van der Waals surface area contributed by atoms with Gasteiger partial charge < -0.3 is 16.0 Å². The Bertz CT molecular complexity index is 242. The molecule has 2 unspecified atom stereocenters. The second-order valence-electron chi connectivity index (χ2n) is 3.78. The summed E-state index contributed by atoms with van der Waals surface area (Å²) in [6.07, 6.45) is 0. The van der Waals surface area contributed by atoms with Crippen molar-refractivity contribution in [1.82, 2.24) is 10.2 Å². The molecule has 1 fully saturated rings. The second kappa shape index (κ2) is 4.41. The first-order valence-corrected chi connectivity index (χ1v) is 4.83. The van der Waals surface area contributed by atoms with Crippen LogP contribution >= 0.6 is 0 Å². The van der Waals surface area contributed by atoms with Gasteiger partial charge in [-0.25, -0.2) is 0 Å². The molecule has 5 heteroatoms. The SMILES string of the molecule is CC(CN)CN1C(=O)CNC(=O)C1C. The molecule has 1 heterocycles. The van der Waals surface area contributed by atoms with Crippen LogP contribution in [0.4, 0.5) is 0 Å². The number of hydrogen-bond acceptors (Lipinski definition) is 3. The first kappa shape index (κ1) is 11.0. The van der Waals surface area contributed by atoms with E-state index in [0.29, 0.717) is 13.1 Å². The summed E-state index contributed by atoms with van der Waals surface area (Å²) in [5.74, 6) is 0.110. The van der Waals surface area contributed by atoms with Crippen molar-refractivity contribution in [2.75, 3.05) is 19.6 Å². The molecule has 2 atom stereocenters. The maximum absolute atomic E-state index is 11.5. The van der Waals surface area contributed by atoms with Gasteiger partial charge in [0.1, 0.15) is 6.04 Å². The molecule has 1 aliphatic rings. The summed E-state index contributed by atoms with van der Waals surface area (Å²) in [5, 5.41) is 2.54. The summed E-state index contributed by atoms with van der Waals surface area (Å²) in [4.78, 5) is 24.3. The van der Waals surface area contributed by atoms with Crippen molar-refractivity contribution < 1.29 is 9.59 Å². The van der Waals surface area contributed by atoms with Gasteiger partial charge >= 0.3 is 0 Å². The molecule has 0 bridgehead atoms. The van der Waals surface area contributed by atoms with Gasteiger partial charge in [-0.15, -0.1) is 0 Å². The molecule has 1 rings (SSSR count). The second-order valence-corrected chi connectivity index (χ2v) is 3.78. The van der Waals surface area contributed by atoms with Crippen LogP contribution in [0.1, 0.15) is 13.8 Å². The van der Waals surface area contributed by atoms with Gasteiger partial charge in [-0.05, 0) is 19.4 Å². The molecule has 0 aromatic carbocycles. The fourth-order valence-corrected chi connectivity index (χ4v) is 1.44. The van der Waals surface area contributed by atoms with Crippen LogP contribution in [0, 0.1) is 5.92 Å². The van der Waals surface area contributed by atoms with Crippen molar-refractivity contribution in [3.05, 3.63) is 0 Å². The summed E-state index contributed by atoms with van der Waals surface area (Å²) in [6.45, 7) is 4.89. The molecule has 0 aromatic rings. The number of nitrogens with two attached hydrogens (primary N) is 1. The molecule has 0 spiro atoms. The molecule has 5 nitrogen and oxygen atoms in total. The molecule has 0 saturated carbocycles. The predicted molar refractivity (Wildman–Crippen MR) is 52.4 cm³/mol. The highest BCUT2D eigenvalue weighted by Crippen LogP contribution is 2.08. The standard InChI is InChI=1S/C9H17N3O2/c1-6(3-10)5-12-7(2)9(14)11-4-8(12)13/h6-7H,3-5,10H2,1-2H3,(H,11,14). The Hall–Kier alpha value is -1.10. The van der Waals surface area contributed by atoms with Gasteiger partial charge in [0.25, 0.3) is 0 Å². The minimum absolute atomic E-state index is 0.0302. The van der Waals surface area contributed by atoms with Crippen molar-refractivity contribution in [2.24, 2.45) is 11.7 Å². The van der Waals surface area contributed by atoms with Crippen LogP contribution < -0.4 is 11.1 Å². The number of carbonyl (C=O) groups excluding carboxylic acids is 2. The Morgan fingerprint density at radius 3 is 2.86 bits per heavy atom. The van der Waals surface area contributed by atoms with Crippen molar-refractivity contribution in [2.45, 2.75) is 19.9 Å². The molecule has 1 aliphatic heterocycles. The summed E-state index contributed by atoms with van der Waals surface area (Å²) in [7, 11) is 0. The number of piperazine rings is 1. The number of amides is 2. The van der Waals surface area contributed by atoms with Gasteiger partial charge in [-0.3, -0.25) is 9.59 Å². The third-order valence-electron chi connectivity index (χ3n) is 2.49. The minimum Gasteiger partial charge on any atom is -0.345 e. The van der Waals surface area contributed by atoms with Crippen LogP contribution in [-0.4, -0.2) is 42.4 Å². The van der Waals surface area contributed by atoms with Gasteiger partial charge in [0, 0.05) is 6.54 Å². The summed E-state index contributed by atoms with van der Waals surface area (Å²) in [6, 6.07) is -0.370. The van der Waals surface area contributed by atoms with E-state index in [1.165, 1.54) is 0 Å². The lowest BCUT2D eigenvalue weighted by Crippen LogP contribution is -2.58. The Balaban J connectivity index is 2.63. The van der Waals surface area contributed by atoms with Gasteiger partial charge in [-0.1, -0.05) is 6.92 Å². The first-order valence-electron chi connectivity index (χ1n) is 4.83.